The van der Waals surface area contributed by atoms with Gasteiger partial charge in [0.1, 0.15) is 0 Å². The summed E-state index contributed by atoms with van der Waals surface area (Å²) in [4.78, 5) is 0. The first kappa shape index (κ1) is 17.8. The van der Waals surface area contributed by atoms with Gasteiger partial charge in [0.2, 0.25) is 0 Å². The van der Waals surface area contributed by atoms with Gasteiger partial charge < -0.3 is 9.47 Å². The lowest BCUT2D eigenvalue weighted by molar-refractivity contribution is 0.200. The zero-order valence-electron chi connectivity index (χ0n) is 15.2. The number of rotatable bonds is 9. The van der Waals surface area contributed by atoms with Gasteiger partial charge in [-0.3, -0.25) is 0 Å². The molecule has 3 rings (SSSR count). The molecule has 1 aliphatic heterocycles. The highest BCUT2D eigenvalue weighted by atomic mass is 16.5. The van der Waals surface area contributed by atoms with Crippen molar-refractivity contribution in [3.05, 3.63) is 23.8 Å². The molecule has 0 bridgehead atoms. The molecule has 1 atom stereocenters. The van der Waals surface area contributed by atoms with Crippen LogP contribution in [-0.4, -0.2) is 19.4 Å². The van der Waals surface area contributed by atoms with E-state index >= 15 is 0 Å². The van der Waals surface area contributed by atoms with Crippen LogP contribution in [0.25, 0.3) is 0 Å². The largest absolute Gasteiger partial charge is 0.493 e. The average molecular weight is 344 g/mol. The molecule has 1 heterocycles. The van der Waals surface area contributed by atoms with E-state index in [1.54, 1.807) is 7.11 Å². The summed E-state index contributed by atoms with van der Waals surface area (Å²) < 4.78 is 11.7. The smallest absolute Gasteiger partial charge is 0.185 e. The lowest BCUT2D eigenvalue weighted by Gasteiger charge is -2.19. The van der Waals surface area contributed by atoms with Crippen LogP contribution in [0.1, 0.15) is 57.4 Å². The molecule has 6 heteroatoms. The van der Waals surface area contributed by atoms with Gasteiger partial charge in [-0.2, -0.15) is 0 Å². The highest BCUT2D eigenvalue weighted by Gasteiger charge is 2.19. The summed E-state index contributed by atoms with van der Waals surface area (Å²) >= 11 is 0. The minimum Gasteiger partial charge on any atom is -0.493 e. The summed E-state index contributed by atoms with van der Waals surface area (Å²) in [5.41, 5.74) is 1.30. The van der Waals surface area contributed by atoms with E-state index in [1.807, 2.05) is 6.07 Å². The Hall–Kier alpha value is -1.98. The van der Waals surface area contributed by atoms with Gasteiger partial charge in [-0.15, -0.1) is 10.2 Å². The first-order valence-electron chi connectivity index (χ1n) is 9.42. The Morgan fingerprint density at radius 3 is 2.56 bits per heavy atom. The lowest BCUT2D eigenvalue weighted by atomic mass is 9.92. The Morgan fingerprint density at radius 1 is 1.12 bits per heavy atom. The molecule has 0 spiro atoms. The number of benzene rings is 1. The first-order valence-corrected chi connectivity index (χ1v) is 9.42. The summed E-state index contributed by atoms with van der Waals surface area (Å²) in [6, 6.07) is 6.35. The Bertz CT molecular complexity index is 599. The predicted molar refractivity (Wildman–Crippen MR) is 96.1 cm³/mol. The van der Waals surface area contributed by atoms with Crippen molar-refractivity contribution in [2.45, 2.75) is 70.6 Å². The molecule has 2 aliphatic rings. The van der Waals surface area contributed by atoms with Gasteiger partial charge in [-0.1, -0.05) is 19.4 Å². The van der Waals surface area contributed by atoms with Crippen LogP contribution >= 0.6 is 0 Å². The number of hydrogen-bond acceptors (Lipinski definition) is 6. The van der Waals surface area contributed by atoms with Crippen LogP contribution in [-0.2, 0) is 6.42 Å². The lowest BCUT2D eigenvalue weighted by Crippen LogP contribution is -2.12. The molecule has 25 heavy (non-hydrogen) atoms. The summed E-state index contributed by atoms with van der Waals surface area (Å²) in [6.45, 7) is 2.24. The highest BCUT2D eigenvalue weighted by molar-refractivity contribution is 5.43. The fraction of sp³-hybridized carbons (Fsp3) is 0.684. The fourth-order valence-electron chi connectivity index (χ4n) is 3.60. The fourth-order valence-corrected chi connectivity index (χ4v) is 3.60. The molecule has 0 saturated heterocycles. The Morgan fingerprint density at radius 2 is 1.88 bits per heavy atom. The van der Waals surface area contributed by atoms with Crippen molar-refractivity contribution in [3.8, 4) is 11.5 Å². The third-order valence-electron chi connectivity index (χ3n) is 5.17. The predicted octanol–water partition coefficient (Wildman–Crippen LogP) is 5.52. The second-order valence-electron chi connectivity index (χ2n) is 6.96. The normalized spacial score (nSPS) is 18.8. The maximum atomic E-state index is 6.21. The number of methoxy groups -OCH3 is 1. The number of nitrogens with zero attached hydrogens (tertiary/aromatic N) is 4. The molecule has 0 aromatic heterocycles. The zero-order chi connectivity index (χ0) is 17.5. The summed E-state index contributed by atoms with van der Waals surface area (Å²) in [6.07, 6.45) is 9.23. The SMILES string of the molecule is CCC(CCC1N=NN=N1)Cc1ccc(OC)c(OC2CCCC2)c1. The summed E-state index contributed by atoms with van der Waals surface area (Å²) in [7, 11) is 1.70. The molecular formula is C19H28N4O2. The van der Waals surface area contributed by atoms with E-state index in [0.717, 1.165) is 50.0 Å². The molecule has 1 unspecified atom stereocenters. The number of ether oxygens (including phenoxy) is 2. The van der Waals surface area contributed by atoms with Crippen molar-refractivity contribution in [3.63, 3.8) is 0 Å². The summed E-state index contributed by atoms with van der Waals surface area (Å²) in [5.74, 6) is 2.31. The van der Waals surface area contributed by atoms with Gasteiger partial charge in [0, 0.05) is 0 Å². The van der Waals surface area contributed by atoms with Crippen molar-refractivity contribution < 1.29 is 9.47 Å². The van der Waals surface area contributed by atoms with Crippen LogP contribution in [0.5, 0.6) is 11.5 Å². The molecular weight excluding hydrogens is 316 g/mol. The molecule has 0 N–H and O–H groups in total. The van der Waals surface area contributed by atoms with Gasteiger partial charge in [-0.05, 0) is 79.0 Å². The maximum absolute atomic E-state index is 6.21. The third kappa shape index (κ3) is 5.00. The van der Waals surface area contributed by atoms with E-state index < -0.39 is 0 Å². The Labute approximate surface area is 149 Å². The number of hydrogen-bond donors (Lipinski definition) is 0. The van der Waals surface area contributed by atoms with Crippen LogP contribution in [0, 0.1) is 5.92 Å². The van der Waals surface area contributed by atoms with E-state index in [9.17, 15) is 0 Å². The molecule has 1 aromatic rings. The highest BCUT2D eigenvalue weighted by Crippen LogP contribution is 2.33. The minimum atomic E-state index is -0.0776. The second-order valence-corrected chi connectivity index (χ2v) is 6.96. The van der Waals surface area contributed by atoms with Gasteiger partial charge in [0.15, 0.2) is 17.7 Å². The first-order chi connectivity index (χ1) is 12.3. The summed E-state index contributed by atoms with van der Waals surface area (Å²) in [5, 5.41) is 15.2. The zero-order valence-corrected chi connectivity index (χ0v) is 15.2. The maximum Gasteiger partial charge on any atom is 0.185 e. The molecule has 6 nitrogen and oxygen atoms in total. The van der Waals surface area contributed by atoms with E-state index in [1.165, 1.54) is 18.4 Å². The van der Waals surface area contributed by atoms with Gasteiger partial charge in [-0.25, -0.2) is 0 Å². The van der Waals surface area contributed by atoms with Crippen molar-refractivity contribution in [2.75, 3.05) is 7.11 Å². The van der Waals surface area contributed by atoms with Crippen LogP contribution in [0.2, 0.25) is 0 Å². The Balaban J connectivity index is 1.61. The monoisotopic (exact) mass is 344 g/mol. The second kappa shape index (κ2) is 8.92. The third-order valence-corrected chi connectivity index (χ3v) is 5.17. The Kier molecular flexibility index (Phi) is 6.36. The van der Waals surface area contributed by atoms with E-state index in [0.29, 0.717) is 12.0 Å². The van der Waals surface area contributed by atoms with Crippen molar-refractivity contribution in [1.29, 1.82) is 0 Å². The van der Waals surface area contributed by atoms with E-state index in [4.69, 9.17) is 9.47 Å². The topological polar surface area (TPSA) is 67.9 Å². The van der Waals surface area contributed by atoms with Gasteiger partial charge in [0.25, 0.3) is 0 Å². The molecule has 0 amide bonds. The minimum absolute atomic E-state index is 0.0776. The van der Waals surface area contributed by atoms with Crippen molar-refractivity contribution >= 4 is 0 Å². The van der Waals surface area contributed by atoms with Crippen LogP contribution in [0.15, 0.2) is 38.9 Å². The van der Waals surface area contributed by atoms with E-state index in [-0.39, 0.29) is 6.17 Å². The van der Waals surface area contributed by atoms with Crippen LogP contribution in [0.4, 0.5) is 0 Å². The molecule has 1 aromatic carbocycles. The van der Waals surface area contributed by atoms with Gasteiger partial charge in [0.05, 0.1) is 13.2 Å². The molecule has 1 fully saturated rings. The van der Waals surface area contributed by atoms with Crippen molar-refractivity contribution in [1.82, 2.24) is 0 Å². The molecule has 1 aliphatic carbocycles. The van der Waals surface area contributed by atoms with E-state index in [2.05, 4.69) is 39.7 Å². The van der Waals surface area contributed by atoms with Gasteiger partial charge >= 0.3 is 0 Å². The standard InChI is InChI=1S/C19H28N4O2/c1-3-14(9-11-19-20-22-23-21-19)12-15-8-10-17(24-2)18(13-15)25-16-6-4-5-7-16/h8,10,13-14,16,19H,3-7,9,11-12H2,1-2H3. The molecule has 1 saturated carbocycles. The van der Waals surface area contributed by atoms with Crippen molar-refractivity contribution in [2.24, 2.45) is 26.6 Å². The van der Waals surface area contributed by atoms with Crippen LogP contribution < -0.4 is 9.47 Å². The molecule has 136 valence electrons. The quantitative estimate of drug-likeness (QED) is 0.591. The van der Waals surface area contributed by atoms with Crippen LogP contribution in [0.3, 0.4) is 0 Å². The molecule has 0 radical (unpaired) electrons. The average Bonchev–Trinajstić information content (AvgIpc) is 3.32.